The van der Waals surface area contributed by atoms with Gasteiger partial charge in [-0.05, 0) is 37.5 Å². The maximum absolute atomic E-state index is 13.5. The smallest absolute Gasteiger partial charge is 0.425 e. The van der Waals surface area contributed by atoms with Gasteiger partial charge in [0.15, 0.2) is 0 Å². The number of carbonyl (C=O) groups excluding carboxylic acids is 1. The first-order valence-electron chi connectivity index (χ1n) is 9.88. The van der Waals surface area contributed by atoms with E-state index in [0.717, 1.165) is 18.4 Å². The molecule has 0 spiro atoms. The number of benzene rings is 2. The number of unbranched alkanes of at least 4 members (excludes halogenated alkanes) is 2. The molecule has 8 heteroatoms. The van der Waals surface area contributed by atoms with Crippen molar-refractivity contribution in [1.82, 2.24) is 4.31 Å². The predicted molar refractivity (Wildman–Crippen MR) is 110 cm³/mol. The number of rotatable bonds is 8. The second-order valence-electron chi connectivity index (χ2n) is 7.39. The van der Waals surface area contributed by atoms with Crippen molar-refractivity contribution in [2.45, 2.75) is 56.1 Å². The van der Waals surface area contributed by atoms with Gasteiger partial charge >= 0.3 is 12.1 Å². The van der Waals surface area contributed by atoms with Gasteiger partial charge in [0.25, 0.3) is 10.0 Å². The molecule has 1 amide bonds. The Labute approximate surface area is 176 Å². The normalized spacial score (nSPS) is 21.5. The fourth-order valence-corrected chi connectivity index (χ4v) is 5.43. The van der Waals surface area contributed by atoms with Crippen molar-refractivity contribution in [3.8, 4) is 0 Å². The molecule has 0 aromatic heterocycles. The molecule has 160 valence electrons. The third-order valence-corrected chi connectivity index (χ3v) is 7.15. The molecule has 2 aromatic carbocycles. The highest BCUT2D eigenvalue weighted by Gasteiger charge is 2.66. The molecule has 1 saturated heterocycles. The molecule has 0 aliphatic carbocycles. The fourth-order valence-electron chi connectivity index (χ4n) is 3.82. The number of aliphatic carboxylic acids is 1. The molecule has 1 heterocycles. The standard InChI is InChI=1S/C22H25NO6S/c1-3-4-6-11-19-22(20(24)25,17-9-7-5-8-10-17)23(21(26)29-19)30(27,28)18-14-12-16(2)13-15-18/h5,7-10,12-15,19H,3-4,6,11H2,1-2H3,(H,24,25)/t19-,22-/m0/s1. The minimum atomic E-state index is -4.49. The van der Waals surface area contributed by atoms with Crippen LogP contribution in [-0.4, -0.2) is 36.0 Å². The summed E-state index contributed by atoms with van der Waals surface area (Å²) in [5, 5.41) is 10.3. The van der Waals surface area contributed by atoms with Crippen molar-refractivity contribution in [2.24, 2.45) is 0 Å². The van der Waals surface area contributed by atoms with Crippen LogP contribution in [0.2, 0.25) is 0 Å². The summed E-state index contributed by atoms with van der Waals surface area (Å²) in [5.74, 6) is -1.45. The van der Waals surface area contributed by atoms with Gasteiger partial charge in [0.05, 0.1) is 4.90 Å². The minimum absolute atomic E-state index is 0.166. The highest BCUT2D eigenvalue weighted by Crippen LogP contribution is 2.45. The number of aryl methyl sites for hydroxylation is 1. The average molecular weight is 432 g/mol. The Morgan fingerprint density at radius 2 is 1.73 bits per heavy atom. The summed E-state index contributed by atoms with van der Waals surface area (Å²) in [7, 11) is -4.49. The zero-order valence-corrected chi connectivity index (χ0v) is 17.8. The summed E-state index contributed by atoms with van der Waals surface area (Å²) >= 11 is 0. The first kappa shape index (κ1) is 21.8. The van der Waals surface area contributed by atoms with E-state index in [0.29, 0.717) is 10.7 Å². The second-order valence-corrected chi connectivity index (χ2v) is 9.17. The number of carbonyl (C=O) groups is 2. The predicted octanol–water partition coefficient (Wildman–Crippen LogP) is 4.06. The van der Waals surface area contributed by atoms with Crippen molar-refractivity contribution < 1.29 is 27.9 Å². The second kappa shape index (κ2) is 8.47. The van der Waals surface area contributed by atoms with Gasteiger partial charge in [-0.25, -0.2) is 18.0 Å². The summed E-state index contributed by atoms with van der Waals surface area (Å²) in [6.07, 6.45) is 0.218. The van der Waals surface area contributed by atoms with Crippen LogP contribution in [0.4, 0.5) is 4.79 Å². The molecule has 2 aromatic rings. The summed E-state index contributed by atoms with van der Waals surface area (Å²) in [5.41, 5.74) is -1.17. The van der Waals surface area contributed by atoms with Crippen LogP contribution in [0.1, 0.15) is 43.7 Å². The van der Waals surface area contributed by atoms with Gasteiger partial charge in [-0.3, -0.25) is 0 Å². The molecular weight excluding hydrogens is 406 g/mol. The van der Waals surface area contributed by atoms with Gasteiger partial charge in [0.1, 0.15) is 6.10 Å². The molecule has 1 N–H and O–H groups in total. The van der Waals surface area contributed by atoms with Crippen LogP contribution in [0.5, 0.6) is 0 Å². The molecule has 0 unspecified atom stereocenters. The summed E-state index contributed by atoms with van der Waals surface area (Å²) < 4.78 is 32.8. The van der Waals surface area contributed by atoms with Crippen molar-refractivity contribution in [2.75, 3.05) is 0 Å². The summed E-state index contributed by atoms with van der Waals surface area (Å²) in [6.45, 7) is 3.80. The van der Waals surface area contributed by atoms with E-state index in [4.69, 9.17) is 4.74 Å². The van der Waals surface area contributed by atoms with E-state index >= 15 is 0 Å². The van der Waals surface area contributed by atoms with Crippen LogP contribution in [0.15, 0.2) is 59.5 Å². The molecule has 0 radical (unpaired) electrons. The topological polar surface area (TPSA) is 101 Å². The van der Waals surface area contributed by atoms with E-state index in [1.165, 1.54) is 24.3 Å². The summed E-state index contributed by atoms with van der Waals surface area (Å²) in [6, 6.07) is 13.9. The largest absolute Gasteiger partial charge is 0.479 e. The molecular formula is C22H25NO6S. The lowest BCUT2D eigenvalue weighted by Gasteiger charge is -2.34. The zero-order valence-electron chi connectivity index (χ0n) is 16.9. The maximum atomic E-state index is 13.5. The van der Waals surface area contributed by atoms with Crippen LogP contribution in [0.25, 0.3) is 0 Å². The number of hydrogen-bond donors (Lipinski definition) is 1. The number of cyclic esters (lactones) is 1. The number of sulfonamides is 1. The molecule has 0 saturated carbocycles. The third kappa shape index (κ3) is 3.56. The van der Waals surface area contributed by atoms with Gasteiger partial charge in [0.2, 0.25) is 5.54 Å². The first-order chi connectivity index (χ1) is 14.3. The molecule has 3 rings (SSSR count). The van der Waals surface area contributed by atoms with Gasteiger partial charge < -0.3 is 9.84 Å². The van der Waals surface area contributed by atoms with Crippen LogP contribution in [0, 0.1) is 6.92 Å². The number of ether oxygens (including phenoxy) is 1. The highest BCUT2D eigenvalue weighted by molar-refractivity contribution is 7.89. The van der Waals surface area contributed by atoms with Crippen molar-refractivity contribution >= 4 is 22.1 Å². The fraction of sp³-hybridized carbons (Fsp3) is 0.364. The van der Waals surface area contributed by atoms with Gasteiger partial charge in [-0.15, -0.1) is 0 Å². The van der Waals surface area contributed by atoms with Crippen LogP contribution in [0.3, 0.4) is 0 Å². The van der Waals surface area contributed by atoms with E-state index in [9.17, 15) is 23.1 Å². The third-order valence-electron chi connectivity index (χ3n) is 5.36. The monoisotopic (exact) mass is 431 g/mol. The minimum Gasteiger partial charge on any atom is -0.479 e. The molecule has 1 fully saturated rings. The van der Waals surface area contributed by atoms with Gasteiger partial charge in [-0.2, -0.15) is 4.31 Å². The molecule has 7 nitrogen and oxygen atoms in total. The van der Waals surface area contributed by atoms with E-state index in [1.54, 1.807) is 37.3 Å². The van der Waals surface area contributed by atoms with Crippen LogP contribution in [-0.2, 0) is 25.1 Å². The van der Waals surface area contributed by atoms with Gasteiger partial charge in [-0.1, -0.05) is 67.8 Å². The van der Waals surface area contributed by atoms with E-state index < -0.39 is 33.7 Å². The van der Waals surface area contributed by atoms with E-state index in [2.05, 4.69) is 0 Å². The lowest BCUT2D eigenvalue weighted by molar-refractivity contribution is -0.150. The van der Waals surface area contributed by atoms with Gasteiger partial charge in [0, 0.05) is 0 Å². The Morgan fingerprint density at radius 1 is 1.10 bits per heavy atom. The Bertz CT molecular complexity index is 1020. The Morgan fingerprint density at radius 3 is 2.30 bits per heavy atom. The lowest BCUT2D eigenvalue weighted by atomic mass is 9.82. The Balaban J connectivity index is 2.22. The lowest BCUT2D eigenvalue weighted by Crippen LogP contribution is -2.56. The average Bonchev–Trinajstić information content (AvgIpc) is 3.03. The quantitative estimate of drug-likeness (QED) is 0.633. The number of hydrogen-bond acceptors (Lipinski definition) is 5. The molecule has 2 atom stereocenters. The maximum Gasteiger partial charge on any atom is 0.425 e. The molecule has 0 bridgehead atoms. The van der Waals surface area contributed by atoms with Crippen molar-refractivity contribution in [3.05, 3.63) is 65.7 Å². The van der Waals surface area contributed by atoms with Crippen molar-refractivity contribution in [3.63, 3.8) is 0 Å². The number of carboxylic acids is 1. The van der Waals surface area contributed by atoms with Crippen LogP contribution >= 0.6 is 0 Å². The zero-order chi connectivity index (χ0) is 21.9. The first-order valence-corrected chi connectivity index (χ1v) is 11.3. The van der Waals surface area contributed by atoms with Crippen LogP contribution < -0.4 is 0 Å². The van der Waals surface area contributed by atoms with E-state index in [-0.39, 0.29) is 16.9 Å². The van der Waals surface area contributed by atoms with Crippen molar-refractivity contribution in [1.29, 1.82) is 0 Å². The Hall–Kier alpha value is -2.87. The van der Waals surface area contributed by atoms with E-state index in [1.807, 2.05) is 6.92 Å². The number of amides is 1. The number of nitrogens with zero attached hydrogens (tertiary/aromatic N) is 1. The Kier molecular flexibility index (Phi) is 6.17. The number of carboxylic acid groups (broad SMARTS) is 1. The molecule has 1 aliphatic rings. The molecule has 1 aliphatic heterocycles. The highest BCUT2D eigenvalue weighted by atomic mass is 32.2. The SMILES string of the molecule is CCCCC[C@@H]1OC(=O)N(S(=O)(=O)c2ccc(C)cc2)[C@@]1(C(=O)O)c1ccccc1. The molecule has 30 heavy (non-hydrogen) atoms. The summed E-state index contributed by atoms with van der Waals surface area (Å²) in [4.78, 5) is 25.4.